The van der Waals surface area contributed by atoms with Gasteiger partial charge in [0.15, 0.2) is 5.13 Å². The molecule has 0 radical (unpaired) electrons. The molecule has 0 spiro atoms. The lowest BCUT2D eigenvalue weighted by Gasteiger charge is -2.42. The third-order valence-corrected chi connectivity index (χ3v) is 8.71. The number of piperazine rings is 1. The van der Waals surface area contributed by atoms with Gasteiger partial charge in [0.05, 0.1) is 10.4 Å². The number of hydrogen-bond donors (Lipinski definition) is 1. The van der Waals surface area contributed by atoms with Crippen LogP contribution in [-0.2, 0) is 14.8 Å². The first kappa shape index (κ1) is 24.3. The number of halogens is 1. The third kappa shape index (κ3) is 4.56. The van der Waals surface area contributed by atoms with Crippen LogP contribution in [0.2, 0.25) is 0 Å². The highest BCUT2D eigenvalue weighted by Gasteiger charge is 2.31. The number of nitrogens with zero attached hydrogens (tertiary/aromatic N) is 4. The standard InChI is InChI=1S/C25H26FN5O3S2.2H2/c1-17-16-29(20-6-8-21(9-7-20)36(33,34)28-25-27-11-15-35-25)13-14-30(17)24(32)18(2)31-12-10-19-4-3-5-22(26)23(19)31;;/h3-12,15,17-18H,13-14,16H2,1-2H3,(H,27,28);2*1H/t17-,18-;;/m1../s1. The van der Waals surface area contributed by atoms with Crippen LogP contribution in [0.15, 0.2) is 71.2 Å². The first-order valence-electron chi connectivity index (χ1n) is 11.6. The van der Waals surface area contributed by atoms with Crippen molar-refractivity contribution >= 4 is 49.0 Å². The molecule has 1 amide bonds. The lowest BCUT2D eigenvalue weighted by Crippen LogP contribution is -2.55. The van der Waals surface area contributed by atoms with Crippen LogP contribution in [0.3, 0.4) is 0 Å². The molecule has 5 rings (SSSR count). The second-order valence-corrected chi connectivity index (χ2v) is 11.4. The van der Waals surface area contributed by atoms with Crippen molar-refractivity contribution in [3.63, 3.8) is 0 Å². The normalized spacial score (nSPS) is 17.4. The summed E-state index contributed by atoms with van der Waals surface area (Å²) in [5.74, 6) is -0.403. The molecule has 4 aromatic rings. The van der Waals surface area contributed by atoms with Crippen molar-refractivity contribution < 1.29 is 20.5 Å². The Bertz CT molecular complexity index is 1500. The molecule has 1 N–H and O–H groups in total. The summed E-state index contributed by atoms with van der Waals surface area (Å²) in [6.45, 7) is 5.50. The van der Waals surface area contributed by atoms with Gasteiger partial charge in [-0.2, -0.15) is 0 Å². The zero-order valence-corrected chi connectivity index (χ0v) is 21.5. The fraction of sp³-hybridized carbons (Fsp3) is 0.280. The van der Waals surface area contributed by atoms with Gasteiger partial charge in [-0.25, -0.2) is 17.8 Å². The van der Waals surface area contributed by atoms with Crippen molar-refractivity contribution in [3.05, 3.63) is 72.1 Å². The van der Waals surface area contributed by atoms with Crippen molar-refractivity contribution in [1.82, 2.24) is 14.5 Å². The largest absolute Gasteiger partial charge is 0.368 e. The summed E-state index contributed by atoms with van der Waals surface area (Å²) in [7, 11) is -3.71. The first-order chi connectivity index (χ1) is 17.2. The number of aromatic nitrogens is 2. The Morgan fingerprint density at radius 2 is 1.97 bits per heavy atom. The van der Waals surface area contributed by atoms with Crippen LogP contribution < -0.4 is 9.62 Å². The van der Waals surface area contributed by atoms with E-state index in [0.717, 1.165) is 11.1 Å². The lowest BCUT2D eigenvalue weighted by molar-refractivity contribution is -0.136. The fourth-order valence-electron chi connectivity index (χ4n) is 4.66. The summed E-state index contributed by atoms with van der Waals surface area (Å²) in [5, 5.41) is 2.78. The minimum atomic E-state index is -3.71. The molecule has 0 aliphatic carbocycles. The molecule has 2 atom stereocenters. The van der Waals surface area contributed by atoms with Crippen LogP contribution >= 0.6 is 11.3 Å². The molecule has 0 saturated carbocycles. The number of carbonyl (C=O) groups excluding carboxylic acids is 1. The number of benzene rings is 2. The van der Waals surface area contributed by atoms with E-state index in [-0.39, 0.29) is 25.5 Å². The summed E-state index contributed by atoms with van der Waals surface area (Å²) in [6.07, 6.45) is 3.30. The van der Waals surface area contributed by atoms with E-state index >= 15 is 0 Å². The van der Waals surface area contributed by atoms with Crippen molar-refractivity contribution in [2.75, 3.05) is 29.3 Å². The van der Waals surface area contributed by atoms with E-state index < -0.39 is 16.1 Å². The molecule has 0 bridgehead atoms. The fourth-order valence-corrected chi connectivity index (χ4v) is 6.45. The average molecular weight is 532 g/mol. The van der Waals surface area contributed by atoms with Crippen LogP contribution in [0.1, 0.15) is 22.7 Å². The molecule has 192 valence electrons. The maximum atomic E-state index is 14.5. The molecule has 1 fully saturated rings. The zero-order valence-electron chi connectivity index (χ0n) is 19.8. The van der Waals surface area contributed by atoms with Crippen molar-refractivity contribution in [2.24, 2.45) is 0 Å². The van der Waals surface area contributed by atoms with Gasteiger partial charge in [-0.3, -0.25) is 9.52 Å². The molecule has 2 aromatic carbocycles. The second-order valence-electron chi connectivity index (χ2n) is 8.84. The predicted molar refractivity (Wildman–Crippen MR) is 144 cm³/mol. The van der Waals surface area contributed by atoms with Crippen LogP contribution in [0.4, 0.5) is 15.2 Å². The Balaban J connectivity index is 0.00000200. The number of sulfonamides is 1. The van der Waals surface area contributed by atoms with Gasteiger partial charge in [0, 0.05) is 57.4 Å². The smallest absolute Gasteiger partial charge is 0.263 e. The highest BCUT2D eigenvalue weighted by Crippen LogP contribution is 2.27. The van der Waals surface area contributed by atoms with Gasteiger partial charge in [0.2, 0.25) is 5.91 Å². The van der Waals surface area contributed by atoms with Gasteiger partial charge in [-0.05, 0) is 50.2 Å². The summed E-state index contributed by atoms with van der Waals surface area (Å²) in [6, 6.07) is 12.8. The van der Waals surface area contributed by atoms with Gasteiger partial charge in [-0.15, -0.1) is 11.3 Å². The number of nitrogens with one attached hydrogen (secondary N) is 1. The highest BCUT2D eigenvalue weighted by molar-refractivity contribution is 7.93. The topological polar surface area (TPSA) is 87.5 Å². The van der Waals surface area contributed by atoms with Gasteiger partial charge < -0.3 is 14.4 Å². The number of fused-ring (bicyclic) bond motifs is 1. The molecule has 1 saturated heterocycles. The highest BCUT2D eigenvalue weighted by atomic mass is 32.2. The number of hydrogen-bond acceptors (Lipinski definition) is 6. The van der Waals surface area contributed by atoms with E-state index in [9.17, 15) is 17.6 Å². The second kappa shape index (κ2) is 9.55. The molecule has 3 heterocycles. The van der Waals surface area contributed by atoms with Crippen molar-refractivity contribution in [2.45, 2.75) is 30.8 Å². The number of anilines is 2. The predicted octanol–water partition coefficient (Wildman–Crippen LogP) is 4.83. The molecule has 11 heteroatoms. The monoisotopic (exact) mass is 531 g/mol. The molecule has 0 unspecified atom stereocenters. The van der Waals surface area contributed by atoms with Crippen molar-refractivity contribution in [1.29, 1.82) is 0 Å². The van der Waals surface area contributed by atoms with E-state index in [2.05, 4.69) is 14.6 Å². The lowest BCUT2D eigenvalue weighted by atomic mass is 10.1. The summed E-state index contributed by atoms with van der Waals surface area (Å²) >= 11 is 1.21. The first-order valence-corrected chi connectivity index (χ1v) is 13.9. The van der Waals surface area contributed by atoms with Crippen LogP contribution in [0.25, 0.3) is 10.9 Å². The van der Waals surface area contributed by atoms with E-state index in [1.807, 2.05) is 24.0 Å². The Hall–Kier alpha value is -3.44. The Morgan fingerprint density at radius 3 is 2.67 bits per heavy atom. The zero-order chi connectivity index (χ0) is 25.4. The Morgan fingerprint density at radius 1 is 1.19 bits per heavy atom. The quantitative estimate of drug-likeness (QED) is 0.385. The third-order valence-electron chi connectivity index (χ3n) is 6.54. The van der Waals surface area contributed by atoms with E-state index in [4.69, 9.17) is 0 Å². The number of thiazole rings is 1. The minimum Gasteiger partial charge on any atom is -0.368 e. The number of carbonyl (C=O) groups is 1. The van der Waals surface area contributed by atoms with E-state index in [0.29, 0.717) is 30.3 Å². The summed E-state index contributed by atoms with van der Waals surface area (Å²) in [4.78, 5) is 21.5. The maximum absolute atomic E-state index is 14.5. The van der Waals surface area contributed by atoms with Crippen LogP contribution in [0.5, 0.6) is 0 Å². The number of para-hydroxylation sites is 1. The van der Waals surface area contributed by atoms with Crippen molar-refractivity contribution in [3.8, 4) is 0 Å². The SMILES string of the molecule is C[C@@H]1CN(c2ccc(S(=O)(=O)Nc3nccs3)cc2)CCN1C(=O)[C@@H](C)n1ccc2cccc(F)c21.[HH].[HH]. The van der Waals surface area contributed by atoms with E-state index in [1.54, 1.807) is 53.4 Å². The number of rotatable bonds is 6. The van der Waals surface area contributed by atoms with Gasteiger partial charge in [0.1, 0.15) is 11.9 Å². The maximum Gasteiger partial charge on any atom is 0.263 e. The molecular weight excluding hydrogens is 501 g/mol. The van der Waals surface area contributed by atoms with Gasteiger partial charge in [0.25, 0.3) is 10.0 Å². The Kier molecular flexibility index (Phi) is 6.44. The van der Waals surface area contributed by atoms with E-state index in [1.165, 1.54) is 23.6 Å². The molecule has 1 aliphatic rings. The molecule has 1 aliphatic heterocycles. The molecule has 8 nitrogen and oxygen atoms in total. The van der Waals surface area contributed by atoms with Crippen LogP contribution in [0, 0.1) is 5.82 Å². The van der Waals surface area contributed by atoms with Gasteiger partial charge >= 0.3 is 0 Å². The minimum absolute atomic E-state index is 0. The van der Waals surface area contributed by atoms with Gasteiger partial charge in [-0.1, -0.05) is 12.1 Å². The average Bonchev–Trinajstić information content (AvgIpc) is 3.53. The summed E-state index contributed by atoms with van der Waals surface area (Å²) < 4.78 is 43.8. The van der Waals surface area contributed by atoms with Crippen LogP contribution in [-0.4, -0.2) is 54.5 Å². The molecule has 2 aromatic heterocycles. The molecule has 36 heavy (non-hydrogen) atoms. The number of amides is 1. The summed E-state index contributed by atoms with van der Waals surface area (Å²) in [5.41, 5.74) is 1.32. The Labute approximate surface area is 216 Å². The molecular formula is C25H30FN5O3S2.